The number of fused-ring (bicyclic) bond motifs is 6. The van der Waals surface area contributed by atoms with E-state index >= 15 is 0 Å². The minimum absolute atomic E-state index is 0.00970. The molecule has 19 nitrogen and oxygen atoms in total. The fraction of sp³-hybridized carbons (Fsp3) is 0.375. The minimum Gasteiger partial charge on any atom is -0.336 e. The van der Waals surface area contributed by atoms with Gasteiger partial charge in [0.2, 0.25) is 17.8 Å². The van der Waals surface area contributed by atoms with Gasteiger partial charge in [-0.15, -0.1) is 0 Å². The number of anilines is 4. The summed E-state index contributed by atoms with van der Waals surface area (Å²) in [6.45, 7) is 6.00. The minimum atomic E-state index is -0.483. The molecule has 5 N–H and O–H groups in total. The van der Waals surface area contributed by atoms with Gasteiger partial charge in [-0.1, -0.05) is 25.7 Å². The van der Waals surface area contributed by atoms with Crippen molar-refractivity contribution in [3.8, 4) is 0 Å². The molecule has 2 saturated carbocycles. The van der Waals surface area contributed by atoms with Gasteiger partial charge in [0, 0.05) is 123 Å². The van der Waals surface area contributed by atoms with Crippen LogP contribution in [-0.4, -0.2) is 123 Å². The summed E-state index contributed by atoms with van der Waals surface area (Å²) in [7, 11) is 0. The highest BCUT2D eigenvalue weighted by molar-refractivity contribution is 6.07. The summed E-state index contributed by atoms with van der Waals surface area (Å²) in [5.41, 5.74) is 3.59. The Hall–Kier alpha value is -7.45. The first-order valence-electron chi connectivity index (χ1n) is 23.5. The van der Waals surface area contributed by atoms with Crippen LogP contribution in [0, 0.1) is 5.95 Å². The van der Waals surface area contributed by atoms with Gasteiger partial charge in [-0.25, -0.2) is 24.9 Å². The number of amides is 2. The van der Waals surface area contributed by atoms with Crippen LogP contribution in [0.3, 0.4) is 0 Å². The molecular formula is C48H51FN16O3. The molecule has 2 aliphatic heterocycles. The number of H-pyrrole nitrogens is 1. The van der Waals surface area contributed by atoms with Crippen LogP contribution in [0.5, 0.6) is 0 Å². The molecule has 68 heavy (non-hydrogen) atoms. The number of aromatic nitrogens is 10. The number of pyridine rings is 4. The zero-order valence-electron chi connectivity index (χ0n) is 37.4. The third-order valence-corrected chi connectivity index (χ3v) is 13.6. The number of aromatic amines is 1. The molecule has 8 aromatic heterocycles. The fourth-order valence-electron chi connectivity index (χ4n) is 10.2. The second-order valence-electron chi connectivity index (χ2n) is 17.7. The number of rotatable bonds is 8. The Balaban J connectivity index is 0.000000149. The zero-order valence-corrected chi connectivity index (χ0v) is 37.4. The smallest absolute Gasteiger partial charge is 0.272 e. The van der Waals surface area contributed by atoms with E-state index in [0.717, 1.165) is 105 Å². The van der Waals surface area contributed by atoms with Crippen molar-refractivity contribution >= 4 is 79.2 Å². The molecule has 348 valence electrons. The molecule has 4 fully saturated rings. The molecule has 0 atom stereocenters. The number of carbonyl (C=O) groups is 2. The maximum atomic E-state index is 14.8. The largest absolute Gasteiger partial charge is 0.336 e. The standard InChI is InChI=1S/C24H25FN8O.C24H26N8O2/c25-21-20-17(7-8-27-21)18-14-29-24(31-22(18)33(20)16-3-1-2-4-16)30-19-6-5-15(13-28-19)23(34)32-11-9-26-10-12-32;33-22-20-17(7-8-26-22)18-14-28-24(30-21(18)32(20)16-3-1-2-4-16)29-19-6-5-15(13-27-19)23(34)31-11-9-25-10-12-31/h5-8,13-14,16,26H,1-4,9-12H2,(H,28,29,30,31);5-8,13-14,16,25H,1-4,9-12H2,(H,26,33)(H,27,28,29,30). The van der Waals surface area contributed by atoms with Crippen molar-refractivity contribution in [1.82, 2.24) is 69.4 Å². The lowest BCUT2D eigenvalue weighted by Crippen LogP contribution is -2.46. The van der Waals surface area contributed by atoms with Crippen molar-refractivity contribution in [2.45, 2.75) is 63.5 Å². The number of piperazine rings is 2. The van der Waals surface area contributed by atoms with Crippen LogP contribution >= 0.6 is 0 Å². The number of hydrogen-bond acceptors (Lipinski definition) is 14. The topological polar surface area (TPSA) is 222 Å². The summed E-state index contributed by atoms with van der Waals surface area (Å²) < 4.78 is 18.9. The first kappa shape index (κ1) is 43.1. The van der Waals surface area contributed by atoms with E-state index in [-0.39, 0.29) is 29.5 Å². The van der Waals surface area contributed by atoms with Crippen LogP contribution in [-0.2, 0) is 0 Å². The first-order valence-corrected chi connectivity index (χ1v) is 23.5. The third kappa shape index (κ3) is 8.33. The monoisotopic (exact) mass is 918 g/mol. The van der Waals surface area contributed by atoms with Gasteiger partial charge in [0.1, 0.15) is 34.0 Å². The summed E-state index contributed by atoms with van der Waals surface area (Å²) in [6, 6.07) is 11.2. The van der Waals surface area contributed by atoms with Crippen LogP contribution in [0.25, 0.3) is 43.9 Å². The Kier molecular flexibility index (Phi) is 11.8. The normalized spacial score (nSPS) is 17.0. The average Bonchev–Trinajstić information content (AvgIpc) is 4.22. The Morgan fingerprint density at radius 3 is 1.54 bits per heavy atom. The van der Waals surface area contributed by atoms with Crippen LogP contribution < -0.4 is 26.8 Å². The lowest BCUT2D eigenvalue weighted by atomic mass is 10.2. The lowest BCUT2D eigenvalue weighted by molar-refractivity contribution is 0.0728. The van der Waals surface area contributed by atoms with E-state index in [4.69, 9.17) is 9.97 Å². The van der Waals surface area contributed by atoms with Crippen molar-refractivity contribution in [3.63, 3.8) is 0 Å². The SMILES string of the molecule is O=C(c1ccc(Nc2ncc3c4cc[nH]c(=O)c4n(C4CCCC4)c3n2)nc1)N1CCNCC1.O=C(c1ccc(Nc2ncc3c4ccnc(F)c4n(C4CCCC4)c3n2)nc1)N1CCNCC1. The van der Waals surface area contributed by atoms with E-state index in [2.05, 4.69) is 55.7 Å². The van der Waals surface area contributed by atoms with Crippen molar-refractivity contribution in [2.24, 2.45) is 0 Å². The van der Waals surface area contributed by atoms with Gasteiger partial charge in [-0.3, -0.25) is 14.4 Å². The number of halogens is 1. The molecule has 0 unspecified atom stereocenters. The number of carbonyl (C=O) groups excluding carboxylic acids is 2. The first-order chi connectivity index (χ1) is 33.4. The zero-order chi connectivity index (χ0) is 46.1. The van der Waals surface area contributed by atoms with Gasteiger partial charge in [-0.2, -0.15) is 14.4 Å². The Labute approximate surface area is 389 Å². The Bertz CT molecular complexity index is 3200. The van der Waals surface area contributed by atoms with E-state index in [0.29, 0.717) is 77.5 Å². The molecule has 8 aromatic rings. The van der Waals surface area contributed by atoms with Crippen molar-refractivity contribution < 1.29 is 14.0 Å². The van der Waals surface area contributed by atoms with Gasteiger partial charge in [0.05, 0.1) is 11.1 Å². The fourth-order valence-corrected chi connectivity index (χ4v) is 10.2. The average molecular weight is 919 g/mol. The molecule has 0 bridgehead atoms. The quantitative estimate of drug-likeness (QED) is 0.111. The van der Waals surface area contributed by atoms with E-state index < -0.39 is 5.95 Å². The molecule has 0 radical (unpaired) electrons. The molecule has 0 spiro atoms. The molecule has 0 aromatic carbocycles. The molecule has 2 amide bonds. The number of nitrogens with one attached hydrogen (secondary N) is 5. The van der Waals surface area contributed by atoms with Gasteiger partial charge in [0.25, 0.3) is 17.4 Å². The van der Waals surface area contributed by atoms with Gasteiger partial charge in [-0.05, 0) is 62.1 Å². The van der Waals surface area contributed by atoms with Gasteiger partial charge in [0.15, 0.2) is 0 Å². The molecular weight excluding hydrogens is 868 g/mol. The summed E-state index contributed by atoms with van der Waals surface area (Å²) in [6.07, 6.45) is 18.4. The maximum absolute atomic E-state index is 14.8. The predicted molar refractivity (Wildman–Crippen MR) is 256 cm³/mol. The second-order valence-corrected chi connectivity index (χ2v) is 17.7. The summed E-state index contributed by atoms with van der Waals surface area (Å²) >= 11 is 0. The Morgan fingerprint density at radius 1 is 0.574 bits per heavy atom. The van der Waals surface area contributed by atoms with Gasteiger partial charge >= 0.3 is 0 Å². The highest BCUT2D eigenvalue weighted by Crippen LogP contribution is 2.39. The van der Waals surface area contributed by atoms with E-state index in [1.807, 2.05) is 26.5 Å². The summed E-state index contributed by atoms with van der Waals surface area (Å²) in [5, 5.41) is 16.1. The summed E-state index contributed by atoms with van der Waals surface area (Å²) in [5.74, 6) is 1.35. The maximum Gasteiger partial charge on any atom is 0.272 e. The molecule has 2 aliphatic carbocycles. The lowest BCUT2D eigenvalue weighted by Gasteiger charge is -2.27. The van der Waals surface area contributed by atoms with Crippen LogP contribution in [0.4, 0.5) is 27.9 Å². The van der Waals surface area contributed by atoms with Crippen LogP contribution in [0.1, 0.15) is 84.2 Å². The van der Waals surface area contributed by atoms with Crippen molar-refractivity contribution in [2.75, 3.05) is 63.0 Å². The highest BCUT2D eigenvalue weighted by atomic mass is 19.1. The molecule has 10 heterocycles. The Morgan fingerprint density at radius 2 is 1.06 bits per heavy atom. The van der Waals surface area contributed by atoms with Crippen molar-refractivity contribution in [1.29, 1.82) is 0 Å². The predicted octanol–water partition coefficient (Wildman–Crippen LogP) is 5.99. The molecule has 12 rings (SSSR count). The number of hydrogen-bond donors (Lipinski definition) is 5. The van der Waals surface area contributed by atoms with Crippen molar-refractivity contribution in [3.05, 3.63) is 101 Å². The van der Waals surface area contributed by atoms with Crippen LogP contribution in [0.2, 0.25) is 0 Å². The summed E-state index contributed by atoms with van der Waals surface area (Å²) in [4.78, 5) is 75.7. The van der Waals surface area contributed by atoms with E-state index in [1.54, 1.807) is 55.2 Å². The molecule has 2 saturated heterocycles. The highest BCUT2D eigenvalue weighted by Gasteiger charge is 2.27. The van der Waals surface area contributed by atoms with Crippen LogP contribution in [0.15, 0.2) is 78.4 Å². The molecule has 20 heteroatoms. The van der Waals surface area contributed by atoms with Gasteiger partial charge < -0.3 is 45.2 Å². The number of nitrogens with zero attached hydrogens (tertiary/aromatic N) is 11. The van der Waals surface area contributed by atoms with E-state index in [9.17, 15) is 18.8 Å². The second kappa shape index (κ2) is 18.7. The van der Waals surface area contributed by atoms with E-state index in [1.165, 1.54) is 6.20 Å². The third-order valence-electron chi connectivity index (χ3n) is 13.6. The molecule has 4 aliphatic rings.